The number of nitrogens with one attached hydrogen (secondary N) is 2. The summed E-state index contributed by atoms with van der Waals surface area (Å²) < 4.78 is 0. The summed E-state index contributed by atoms with van der Waals surface area (Å²) in [7, 11) is 0. The average molecular weight is 216 g/mol. The summed E-state index contributed by atoms with van der Waals surface area (Å²) in [4.78, 5) is 21.4. The molecule has 0 aromatic carbocycles. The summed E-state index contributed by atoms with van der Waals surface area (Å²) in [6, 6.07) is -0.529. The second-order valence-electron chi connectivity index (χ2n) is 3.96. The molecule has 3 N–H and O–H groups in total. The van der Waals surface area contributed by atoms with Crippen molar-refractivity contribution in [3.8, 4) is 0 Å². The van der Waals surface area contributed by atoms with Crippen molar-refractivity contribution in [1.29, 1.82) is 0 Å². The molecule has 1 amide bonds. The Morgan fingerprint density at radius 2 is 1.87 bits per heavy atom. The van der Waals surface area contributed by atoms with Gasteiger partial charge in [-0.05, 0) is 12.3 Å². The number of rotatable bonds is 7. The van der Waals surface area contributed by atoms with Crippen molar-refractivity contribution < 1.29 is 14.7 Å². The number of carbonyl (C=O) groups is 2. The van der Waals surface area contributed by atoms with E-state index in [9.17, 15) is 9.59 Å². The lowest BCUT2D eigenvalue weighted by Gasteiger charge is -2.16. The fraction of sp³-hybridized carbons (Fsp3) is 0.800. The SMILES string of the molecule is CC(=O)NCCNC(CC(C)C)C(=O)O. The molecule has 0 aromatic rings. The van der Waals surface area contributed by atoms with E-state index in [0.717, 1.165) is 0 Å². The van der Waals surface area contributed by atoms with Crippen LogP contribution in [0.3, 0.4) is 0 Å². The van der Waals surface area contributed by atoms with Crippen LogP contribution < -0.4 is 10.6 Å². The largest absolute Gasteiger partial charge is 0.480 e. The number of carbonyl (C=O) groups excluding carboxylic acids is 1. The fourth-order valence-electron chi connectivity index (χ4n) is 1.23. The highest BCUT2D eigenvalue weighted by Crippen LogP contribution is 2.04. The Morgan fingerprint density at radius 3 is 2.27 bits per heavy atom. The number of carboxylic acids is 1. The van der Waals surface area contributed by atoms with Crippen LogP contribution in [0.1, 0.15) is 27.2 Å². The van der Waals surface area contributed by atoms with Crippen LogP contribution in [0, 0.1) is 5.92 Å². The predicted octanol–water partition coefficient (Wildman–Crippen LogP) is 0.211. The molecule has 0 aromatic heterocycles. The van der Waals surface area contributed by atoms with E-state index in [2.05, 4.69) is 10.6 Å². The summed E-state index contributed by atoms with van der Waals surface area (Å²) in [6.45, 7) is 6.32. The van der Waals surface area contributed by atoms with Crippen LogP contribution in [-0.4, -0.2) is 36.1 Å². The van der Waals surface area contributed by atoms with E-state index in [-0.39, 0.29) is 5.91 Å². The molecule has 0 aliphatic carbocycles. The van der Waals surface area contributed by atoms with Gasteiger partial charge in [-0.1, -0.05) is 13.8 Å². The molecule has 0 heterocycles. The maximum Gasteiger partial charge on any atom is 0.320 e. The van der Waals surface area contributed by atoms with Gasteiger partial charge in [0, 0.05) is 20.0 Å². The maximum atomic E-state index is 10.8. The number of carboxylic acid groups (broad SMARTS) is 1. The minimum absolute atomic E-state index is 0.104. The van der Waals surface area contributed by atoms with Crippen LogP contribution in [0.5, 0.6) is 0 Å². The standard InChI is InChI=1S/C10H20N2O3/c1-7(2)6-9(10(14)15)12-5-4-11-8(3)13/h7,9,12H,4-6H2,1-3H3,(H,11,13)(H,14,15). The highest BCUT2D eigenvalue weighted by atomic mass is 16.4. The second-order valence-corrected chi connectivity index (χ2v) is 3.96. The van der Waals surface area contributed by atoms with Crippen LogP contribution in [0.15, 0.2) is 0 Å². The summed E-state index contributed by atoms with van der Waals surface area (Å²) in [5, 5.41) is 14.4. The third-order valence-electron chi connectivity index (χ3n) is 1.89. The van der Waals surface area contributed by atoms with E-state index in [0.29, 0.717) is 25.4 Å². The van der Waals surface area contributed by atoms with Gasteiger partial charge in [-0.15, -0.1) is 0 Å². The molecule has 0 saturated carbocycles. The van der Waals surface area contributed by atoms with Crippen molar-refractivity contribution in [1.82, 2.24) is 10.6 Å². The Balaban J connectivity index is 3.76. The monoisotopic (exact) mass is 216 g/mol. The van der Waals surface area contributed by atoms with Gasteiger partial charge in [0.25, 0.3) is 0 Å². The van der Waals surface area contributed by atoms with Gasteiger partial charge in [-0.25, -0.2) is 0 Å². The van der Waals surface area contributed by atoms with Gasteiger partial charge in [-0.2, -0.15) is 0 Å². The van der Waals surface area contributed by atoms with Crippen LogP contribution in [0.4, 0.5) is 0 Å². The molecule has 1 unspecified atom stereocenters. The summed E-state index contributed by atoms with van der Waals surface area (Å²) in [6.07, 6.45) is 0.593. The fourth-order valence-corrected chi connectivity index (χ4v) is 1.23. The van der Waals surface area contributed by atoms with Gasteiger partial charge in [0.15, 0.2) is 0 Å². The topological polar surface area (TPSA) is 78.4 Å². The normalized spacial score (nSPS) is 12.5. The highest BCUT2D eigenvalue weighted by Gasteiger charge is 2.17. The molecule has 0 radical (unpaired) electrons. The molecule has 0 rings (SSSR count). The van der Waals surface area contributed by atoms with E-state index < -0.39 is 12.0 Å². The van der Waals surface area contributed by atoms with Gasteiger partial charge in [0.05, 0.1) is 0 Å². The van der Waals surface area contributed by atoms with Crippen molar-refractivity contribution in [2.24, 2.45) is 5.92 Å². The molecule has 5 heteroatoms. The minimum atomic E-state index is -0.841. The summed E-state index contributed by atoms with van der Waals surface area (Å²) in [5.74, 6) is -0.613. The Hall–Kier alpha value is -1.10. The third kappa shape index (κ3) is 7.93. The van der Waals surface area contributed by atoms with Gasteiger partial charge < -0.3 is 15.7 Å². The van der Waals surface area contributed by atoms with Gasteiger partial charge in [-0.3, -0.25) is 9.59 Å². The molecule has 0 aliphatic rings. The lowest BCUT2D eigenvalue weighted by atomic mass is 10.0. The Kier molecular flexibility index (Phi) is 6.70. The van der Waals surface area contributed by atoms with Crippen molar-refractivity contribution in [3.05, 3.63) is 0 Å². The van der Waals surface area contributed by atoms with Crippen molar-refractivity contribution in [2.45, 2.75) is 33.2 Å². The van der Waals surface area contributed by atoms with Gasteiger partial charge >= 0.3 is 5.97 Å². The van der Waals surface area contributed by atoms with Crippen LogP contribution in [0.25, 0.3) is 0 Å². The molecular formula is C10H20N2O3. The molecule has 0 spiro atoms. The third-order valence-corrected chi connectivity index (χ3v) is 1.89. The van der Waals surface area contributed by atoms with Crippen LogP contribution >= 0.6 is 0 Å². The molecule has 0 saturated heterocycles. The molecular weight excluding hydrogens is 196 g/mol. The first kappa shape index (κ1) is 13.9. The zero-order valence-corrected chi connectivity index (χ0v) is 9.54. The van der Waals surface area contributed by atoms with Gasteiger partial charge in [0.2, 0.25) is 5.91 Å². The summed E-state index contributed by atoms with van der Waals surface area (Å²) >= 11 is 0. The number of amides is 1. The zero-order valence-electron chi connectivity index (χ0n) is 9.54. The second kappa shape index (κ2) is 7.23. The molecule has 5 nitrogen and oxygen atoms in total. The first-order valence-corrected chi connectivity index (χ1v) is 5.14. The van der Waals surface area contributed by atoms with Crippen LogP contribution in [-0.2, 0) is 9.59 Å². The van der Waals surface area contributed by atoms with Crippen molar-refractivity contribution in [3.63, 3.8) is 0 Å². The molecule has 1 atom stereocenters. The number of aliphatic carboxylic acids is 1. The number of hydrogen-bond donors (Lipinski definition) is 3. The number of hydrogen-bond acceptors (Lipinski definition) is 3. The minimum Gasteiger partial charge on any atom is -0.480 e. The van der Waals surface area contributed by atoms with Crippen molar-refractivity contribution in [2.75, 3.05) is 13.1 Å². The smallest absolute Gasteiger partial charge is 0.320 e. The predicted molar refractivity (Wildman–Crippen MR) is 57.6 cm³/mol. The molecule has 0 bridgehead atoms. The highest BCUT2D eigenvalue weighted by molar-refractivity contribution is 5.73. The van der Waals surface area contributed by atoms with E-state index in [4.69, 9.17) is 5.11 Å². The molecule has 0 fully saturated rings. The average Bonchev–Trinajstić information content (AvgIpc) is 2.08. The lowest BCUT2D eigenvalue weighted by molar-refractivity contribution is -0.139. The van der Waals surface area contributed by atoms with Gasteiger partial charge in [0.1, 0.15) is 6.04 Å². The van der Waals surface area contributed by atoms with Crippen LogP contribution in [0.2, 0.25) is 0 Å². The van der Waals surface area contributed by atoms with E-state index in [1.165, 1.54) is 6.92 Å². The quantitative estimate of drug-likeness (QED) is 0.532. The molecule has 88 valence electrons. The zero-order chi connectivity index (χ0) is 11.8. The van der Waals surface area contributed by atoms with E-state index in [1.54, 1.807) is 0 Å². The summed E-state index contributed by atoms with van der Waals surface area (Å²) in [5.41, 5.74) is 0. The molecule has 15 heavy (non-hydrogen) atoms. The van der Waals surface area contributed by atoms with E-state index >= 15 is 0 Å². The molecule has 0 aliphatic heterocycles. The lowest BCUT2D eigenvalue weighted by Crippen LogP contribution is -2.41. The van der Waals surface area contributed by atoms with Crippen molar-refractivity contribution >= 4 is 11.9 Å². The maximum absolute atomic E-state index is 10.8. The first-order chi connectivity index (χ1) is 6.93. The Bertz CT molecular complexity index is 217. The Morgan fingerprint density at radius 1 is 1.27 bits per heavy atom. The first-order valence-electron chi connectivity index (χ1n) is 5.14. The Labute approximate surface area is 90.2 Å². The van der Waals surface area contributed by atoms with E-state index in [1.807, 2.05) is 13.8 Å².